The van der Waals surface area contributed by atoms with Gasteiger partial charge in [-0.3, -0.25) is 4.84 Å². The topological polar surface area (TPSA) is 45.3 Å². The van der Waals surface area contributed by atoms with E-state index in [0.29, 0.717) is 0 Å². The van der Waals surface area contributed by atoms with Gasteiger partial charge in [0.1, 0.15) is 9.39 Å². The highest BCUT2D eigenvalue weighted by Gasteiger charge is 2.16. The molecule has 56 valence electrons. The van der Waals surface area contributed by atoms with Crippen molar-refractivity contribution in [1.29, 1.82) is 0 Å². The van der Waals surface area contributed by atoms with Crippen LogP contribution in [0.3, 0.4) is 0 Å². The standard InChI is InChI=1S/C3H14N4OP/c1-4-7(9,5-2)6-8-3/h4-6H,9H2,1-3H3/q+1. The van der Waals surface area contributed by atoms with Gasteiger partial charge in [-0.25, -0.2) is 0 Å². The summed E-state index contributed by atoms with van der Waals surface area (Å²) in [4.78, 5) is 4.67. The van der Waals surface area contributed by atoms with Crippen molar-refractivity contribution in [3.63, 3.8) is 0 Å². The van der Waals surface area contributed by atoms with Crippen molar-refractivity contribution in [2.75, 3.05) is 21.2 Å². The normalized spacial score (nSPS) is 12.0. The van der Waals surface area contributed by atoms with E-state index in [4.69, 9.17) is 0 Å². The van der Waals surface area contributed by atoms with Gasteiger partial charge in [-0.05, 0) is 0 Å². The molecular weight excluding hydrogens is 139 g/mol. The van der Waals surface area contributed by atoms with E-state index < -0.39 is 0 Å². The second-order valence-electron chi connectivity index (χ2n) is 1.47. The zero-order valence-electron chi connectivity index (χ0n) is 5.93. The van der Waals surface area contributed by atoms with Crippen molar-refractivity contribution in [2.24, 2.45) is 0 Å². The van der Waals surface area contributed by atoms with E-state index in [1.54, 1.807) is 21.2 Å². The minimum absolute atomic E-state index is 0.177. The van der Waals surface area contributed by atoms with Gasteiger partial charge in [0.15, 0.2) is 0 Å². The van der Waals surface area contributed by atoms with Gasteiger partial charge in [-0.15, -0.1) is 10.9 Å². The molecule has 0 bridgehead atoms. The number of nitrogens with one attached hydrogen (secondary N) is 3. The Balaban J connectivity index is 3.62. The predicted octanol–water partition coefficient (Wildman–Crippen LogP) is -1.07. The molecule has 0 saturated carbocycles. The van der Waals surface area contributed by atoms with Gasteiger partial charge >= 0.3 is 0 Å². The number of nitrogens with zero attached hydrogens (tertiary/aromatic N) is 1. The Morgan fingerprint density at radius 2 is 1.78 bits per heavy atom. The lowest BCUT2D eigenvalue weighted by Crippen LogP contribution is -2.63. The van der Waals surface area contributed by atoms with Crippen molar-refractivity contribution in [3.8, 4) is 0 Å². The molecule has 0 aromatic carbocycles. The first kappa shape index (κ1) is 9.23. The highest BCUT2D eigenvalue weighted by Crippen LogP contribution is 1.97. The van der Waals surface area contributed by atoms with Crippen LogP contribution in [-0.4, -0.2) is 25.8 Å². The summed E-state index contributed by atoms with van der Waals surface area (Å²) in [5, 5.41) is 0. The summed E-state index contributed by atoms with van der Waals surface area (Å²) < 4.78 is 0.177. The van der Waals surface area contributed by atoms with Crippen LogP contribution in [0.25, 0.3) is 0 Å². The van der Waals surface area contributed by atoms with Gasteiger partial charge in [0.25, 0.3) is 0 Å². The van der Waals surface area contributed by atoms with Gasteiger partial charge in [0, 0.05) is 19.7 Å². The first-order valence-corrected chi connectivity index (χ1v) is 3.06. The molecule has 0 saturated heterocycles. The molecule has 1 unspecified atom stereocenters. The van der Waals surface area contributed by atoms with Crippen molar-refractivity contribution in [1.82, 2.24) is 16.4 Å². The van der Waals surface area contributed by atoms with Gasteiger partial charge in [0.05, 0.1) is 7.11 Å². The van der Waals surface area contributed by atoms with E-state index in [1.165, 1.54) is 0 Å². The quantitative estimate of drug-likeness (QED) is 0.355. The van der Waals surface area contributed by atoms with Crippen molar-refractivity contribution in [3.05, 3.63) is 0 Å². The zero-order chi connectivity index (χ0) is 7.33. The maximum atomic E-state index is 4.67. The van der Waals surface area contributed by atoms with Gasteiger partial charge < -0.3 is 0 Å². The van der Waals surface area contributed by atoms with Crippen LogP contribution < -0.4 is 16.4 Å². The second-order valence-corrected chi connectivity index (χ2v) is 2.24. The molecule has 0 heterocycles. The molecule has 0 aliphatic heterocycles. The molecule has 3 N–H and O–H groups in total. The van der Waals surface area contributed by atoms with E-state index in [0.717, 1.165) is 0 Å². The Morgan fingerprint density at radius 1 is 1.33 bits per heavy atom. The van der Waals surface area contributed by atoms with Crippen LogP contribution in [0, 0.1) is 0 Å². The largest absolute Gasteiger partial charge is 0.256 e. The monoisotopic (exact) mass is 153 g/mol. The van der Waals surface area contributed by atoms with Gasteiger partial charge in [-0.2, -0.15) is 0 Å². The van der Waals surface area contributed by atoms with Crippen LogP contribution in [-0.2, 0) is 4.84 Å². The molecule has 9 heavy (non-hydrogen) atoms. The molecule has 0 amide bonds. The summed E-state index contributed by atoms with van der Waals surface area (Å²) in [5.41, 5.74) is 8.40. The third kappa shape index (κ3) is 3.05. The third-order valence-electron chi connectivity index (χ3n) is 0.941. The number of hydrogen-bond donors (Lipinski definition) is 3. The Labute approximate surface area is 57.5 Å². The van der Waals surface area contributed by atoms with Gasteiger partial charge in [0.2, 0.25) is 0 Å². The summed E-state index contributed by atoms with van der Waals surface area (Å²) in [7, 11) is 7.59. The van der Waals surface area contributed by atoms with Crippen LogP contribution in [0.15, 0.2) is 0 Å². The maximum Gasteiger partial charge on any atom is 0.140 e. The lowest BCUT2D eigenvalue weighted by Gasteiger charge is -2.27. The molecule has 0 fully saturated rings. The minimum Gasteiger partial charge on any atom is -0.256 e. The summed E-state index contributed by atoms with van der Waals surface area (Å²) in [6.45, 7) is 0. The van der Waals surface area contributed by atoms with Crippen molar-refractivity contribution < 1.29 is 9.42 Å². The Hall–Kier alpha value is 0.230. The molecule has 0 spiro atoms. The van der Waals surface area contributed by atoms with E-state index in [-0.39, 0.29) is 4.58 Å². The summed E-state index contributed by atoms with van der Waals surface area (Å²) in [5.74, 6) is 0. The van der Waals surface area contributed by atoms with Crippen LogP contribution in [0.5, 0.6) is 0 Å². The molecule has 0 aromatic rings. The van der Waals surface area contributed by atoms with E-state index >= 15 is 0 Å². The summed E-state index contributed by atoms with van der Waals surface area (Å²) in [6.07, 6.45) is 0. The maximum absolute atomic E-state index is 4.67. The van der Waals surface area contributed by atoms with Crippen LogP contribution >= 0.6 is 9.39 Å². The third-order valence-corrected chi connectivity index (χ3v) is 1.56. The van der Waals surface area contributed by atoms with Crippen LogP contribution in [0.2, 0.25) is 0 Å². The van der Waals surface area contributed by atoms with Gasteiger partial charge in [-0.1, -0.05) is 4.58 Å². The predicted molar refractivity (Wildman–Crippen MR) is 38.2 cm³/mol. The molecule has 0 aliphatic rings. The summed E-state index contributed by atoms with van der Waals surface area (Å²) >= 11 is 0. The average Bonchev–Trinajstić information content (AvgIpc) is 1.89. The molecule has 0 radical (unpaired) electrons. The molecule has 0 aliphatic carbocycles. The first-order chi connectivity index (χ1) is 4.18. The smallest absolute Gasteiger partial charge is 0.140 e. The van der Waals surface area contributed by atoms with Crippen LogP contribution in [0.1, 0.15) is 0 Å². The lowest BCUT2D eigenvalue weighted by molar-refractivity contribution is -0.955. The highest BCUT2D eigenvalue weighted by atomic mass is 31.0. The molecule has 1 atom stereocenters. The first-order valence-electron chi connectivity index (χ1n) is 2.54. The van der Waals surface area contributed by atoms with E-state index in [1.807, 2.05) is 0 Å². The lowest BCUT2D eigenvalue weighted by atomic mass is 11.4. The minimum atomic E-state index is 0.177. The number of quaternary nitrogens is 1. The Morgan fingerprint density at radius 3 is 1.89 bits per heavy atom. The van der Waals surface area contributed by atoms with Crippen molar-refractivity contribution >= 4 is 9.39 Å². The molecule has 0 rings (SSSR count). The fraction of sp³-hybridized carbons (Fsp3) is 1.00. The average molecular weight is 153 g/mol. The van der Waals surface area contributed by atoms with E-state index in [9.17, 15) is 0 Å². The van der Waals surface area contributed by atoms with Crippen LogP contribution in [0.4, 0.5) is 0 Å². The number of rotatable bonds is 4. The Kier molecular flexibility index (Phi) is 4.22. The fourth-order valence-corrected chi connectivity index (χ4v) is 0.452. The summed E-state index contributed by atoms with van der Waals surface area (Å²) in [6, 6.07) is 0. The zero-order valence-corrected chi connectivity index (χ0v) is 7.09. The number of hydrogen-bond acceptors (Lipinski definition) is 4. The van der Waals surface area contributed by atoms with E-state index in [2.05, 4.69) is 30.7 Å². The Bertz CT molecular complexity index is 76.2. The highest BCUT2D eigenvalue weighted by molar-refractivity contribution is 7.08. The fourth-order valence-electron chi connectivity index (χ4n) is 0.347. The SMILES string of the molecule is CN[N+](P)(NC)NOC. The second kappa shape index (κ2) is 4.11. The molecule has 5 nitrogen and oxygen atoms in total. The molecular formula is C3H14N4OP+. The molecule has 6 heteroatoms. The molecule has 0 aromatic heterocycles. The van der Waals surface area contributed by atoms with Crippen molar-refractivity contribution in [2.45, 2.75) is 0 Å².